The first-order valence-electron chi connectivity index (χ1n) is 11.9. The van der Waals surface area contributed by atoms with E-state index < -0.39 is 0 Å². The van der Waals surface area contributed by atoms with Crippen molar-refractivity contribution in [1.82, 2.24) is 9.97 Å². The van der Waals surface area contributed by atoms with E-state index in [1.54, 1.807) is 12.4 Å². The number of rotatable bonds is 3. The van der Waals surface area contributed by atoms with Crippen molar-refractivity contribution in [3.63, 3.8) is 0 Å². The van der Waals surface area contributed by atoms with E-state index in [1.807, 2.05) is 88.3 Å². The smallest absolute Gasteiger partial charge is 0.495 e. The molecule has 0 aliphatic carbocycles. The third-order valence-corrected chi connectivity index (χ3v) is 5.97. The summed E-state index contributed by atoms with van der Waals surface area (Å²) < 4.78 is 9.82. The van der Waals surface area contributed by atoms with Gasteiger partial charge < -0.3 is 9.40 Å². The SMILES string of the molecule is Cc1ccc([N+]2=C=[N+](c3[c-]ccc4c3oc3ncccc34)C=C2)cc1.[Ir].[c-]1ccccc1-c1ccccn1. The summed E-state index contributed by atoms with van der Waals surface area (Å²) in [5.41, 5.74) is 6.52. The summed E-state index contributed by atoms with van der Waals surface area (Å²) in [6.07, 6.45) is 7.45. The third-order valence-electron chi connectivity index (χ3n) is 5.97. The van der Waals surface area contributed by atoms with E-state index in [2.05, 4.69) is 59.3 Å². The van der Waals surface area contributed by atoms with Crippen LogP contribution in [0.3, 0.4) is 0 Å². The molecule has 0 bridgehead atoms. The average molecular weight is 671 g/mol. The number of aromatic nitrogens is 2. The Morgan fingerprint density at radius 2 is 1.55 bits per heavy atom. The number of pyridine rings is 2. The summed E-state index contributed by atoms with van der Waals surface area (Å²) in [5.74, 6) is 0. The molecule has 4 heterocycles. The van der Waals surface area contributed by atoms with Crippen LogP contribution in [0.4, 0.5) is 11.4 Å². The Hall–Kier alpha value is -4.47. The van der Waals surface area contributed by atoms with Crippen LogP contribution in [0.1, 0.15) is 5.56 Å². The van der Waals surface area contributed by atoms with Crippen molar-refractivity contribution >= 4 is 39.5 Å². The van der Waals surface area contributed by atoms with Crippen LogP contribution in [-0.2, 0) is 20.1 Å². The van der Waals surface area contributed by atoms with E-state index >= 15 is 0 Å². The van der Waals surface area contributed by atoms with Crippen molar-refractivity contribution < 1.29 is 33.7 Å². The molecule has 38 heavy (non-hydrogen) atoms. The fourth-order valence-corrected chi connectivity index (χ4v) is 4.11. The zero-order valence-corrected chi connectivity index (χ0v) is 22.9. The fraction of sp³-hybridized carbons (Fsp3) is 0.0312. The number of aryl methyl sites for hydroxylation is 1. The van der Waals surface area contributed by atoms with Crippen molar-refractivity contribution in [3.05, 3.63) is 133 Å². The normalized spacial score (nSPS) is 11.9. The molecule has 185 valence electrons. The molecule has 1 aliphatic heterocycles. The van der Waals surface area contributed by atoms with Crippen LogP contribution in [0.5, 0.6) is 0 Å². The monoisotopic (exact) mass is 671 g/mol. The maximum Gasteiger partial charge on any atom is 0.500 e. The van der Waals surface area contributed by atoms with Crippen LogP contribution in [0.15, 0.2) is 120 Å². The molecule has 6 heteroatoms. The fourth-order valence-electron chi connectivity index (χ4n) is 4.11. The summed E-state index contributed by atoms with van der Waals surface area (Å²) in [7, 11) is 0. The van der Waals surface area contributed by atoms with Crippen molar-refractivity contribution in [2.24, 2.45) is 0 Å². The van der Waals surface area contributed by atoms with Gasteiger partial charge in [0.25, 0.3) is 12.4 Å². The Kier molecular flexibility index (Phi) is 7.48. The summed E-state index contributed by atoms with van der Waals surface area (Å²) in [4.78, 5) is 8.53. The summed E-state index contributed by atoms with van der Waals surface area (Å²) in [6, 6.07) is 39.6. The molecule has 0 spiro atoms. The summed E-state index contributed by atoms with van der Waals surface area (Å²) >= 11 is 0. The molecule has 3 aromatic heterocycles. The van der Waals surface area contributed by atoms with Crippen LogP contribution < -0.4 is 0 Å². The van der Waals surface area contributed by atoms with Gasteiger partial charge in [-0.15, -0.1) is 42.0 Å². The van der Waals surface area contributed by atoms with E-state index in [4.69, 9.17) is 4.42 Å². The van der Waals surface area contributed by atoms with Crippen molar-refractivity contribution in [1.29, 1.82) is 0 Å². The van der Waals surface area contributed by atoms with Gasteiger partial charge >= 0.3 is 6.01 Å². The first-order valence-corrected chi connectivity index (χ1v) is 11.9. The van der Waals surface area contributed by atoms with Gasteiger partial charge in [-0.25, -0.2) is 4.98 Å². The first kappa shape index (κ1) is 25.2. The molecule has 0 fully saturated rings. The summed E-state index contributed by atoms with van der Waals surface area (Å²) in [6.45, 7) is 2.08. The van der Waals surface area contributed by atoms with Gasteiger partial charge in [-0.3, -0.25) is 0 Å². The van der Waals surface area contributed by atoms with Gasteiger partial charge in [0.15, 0.2) is 5.69 Å². The van der Waals surface area contributed by atoms with Gasteiger partial charge in [-0.1, -0.05) is 44.4 Å². The van der Waals surface area contributed by atoms with Crippen LogP contribution >= 0.6 is 0 Å². The second-order valence-electron chi connectivity index (χ2n) is 8.49. The van der Waals surface area contributed by atoms with Crippen LogP contribution in [0.2, 0.25) is 0 Å². The number of furan rings is 1. The Morgan fingerprint density at radius 1 is 0.737 bits per heavy atom. The number of hydrogen-bond acceptors (Lipinski definition) is 3. The molecule has 0 unspecified atom stereocenters. The second kappa shape index (κ2) is 11.3. The standard InChI is InChI=1S/C21H14N3O.C11H8N.Ir/c1-15-7-9-16(10-8-15)23-12-13-24(14-23)19-6-2-4-17-18-5-3-11-22-21(18)25-20(17)19;1-2-6-10(7-3-1)11-8-4-5-9-12-11;/h2-5,7-13H,1H3;1-6,8-9H;/q+1;-1;. The minimum absolute atomic E-state index is 0. The molecule has 0 saturated heterocycles. The Balaban J connectivity index is 0.000000191. The molecule has 0 amide bonds. The molecule has 6 aromatic rings. The predicted molar refractivity (Wildman–Crippen MR) is 144 cm³/mol. The average Bonchev–Trinajstić information content (AvgIpc) is 3.60. The zero-order chi connectivity index (χ0) is 25.0. The van der Waals surface area contributed by atoms with Gasteiger partial charge in [0.05, 0.1) is 5.58 Å². The first-order chi connectivity index (χ1) is 18.3. The van der Waals surface area contributed by atoms with Crippen LogP contribution in [0, 0.1) is 19.1 Å². The van der Waals surface area contributed by atoms with Gasteiger partial charge in [0.1, 0.15) is 0 Å². The van der Waals surface area contributed by atoms with Gasteiger partial charge in [-0.05, 0) is 30.8 Å². The van der Waals surface area contributed by atoms with Crippen molar-refractivity contribution in [2.75, 3.05) is 0 Å². The third kappa shape index (κ3) is 5.15. The largest absolute Gasteiger partial charge is 0.500 e. The minimum atomic E-state index is 0. The molecule has 1 radical (unpaired) electrons. The molecule has 5 nitrogen and oxygen atoms in total. The van der Waals surface area contributed by atoms with Gasteiger partial charge in [0, 0.05) is 50.0 Å². The molecular weight excluding hydrogens is 649 g/mol. The molecule has 1 aliphatic rings. The van der Waals surface area contributed by atoms with Crippen molar-refractivity contribution in [2.45, 2.75) is 6.92 Å². The van der Waals surface area contributed by atoms with E-state index in [0.29, 0.717) is 5.71 Å². The van der Waals surface area contributed by atoms with Gasteiger partial charge in [0.2, 0.25) is 11.4 Å². The Labute approximate surface area is 234 Å². The Morgan fingerprint density at radius 3 is 2.34 bits per heavy atom. The molecule has 0 N–H and O–H groups in total. The molecular formula is C32H22IrN4O. The number of fused-ring (bicyclic) bond motifs is 3. The minimum Gasteiger partial charge on any atom is -0.495 e. The molecule has 0 saturated carbocycles. The zero-order valence-electron chi connectivity index (χ0n) is 20.5. The van der Waals surface area contributed by atoms with E-state index in [1.165, 1.54) is 5.56 Å². The van der Waals surface area contributed by atoms with E-state index in [-0.39, 0.29) is 20.1 Å². The molecule has 7 rings (SSSR count). The number of nitrogens with zero attached hydrogens (tertiary/aromatic N) is 4. The van der Waals surface area contributed by atoms with Crippen LogP contribution in [-0.4, -0.2) is 25.1 Å². The van der Waals surface area contributed by atoms with Crippen LogP contribution in [0.25, 0.3) is 33.3 Å². The maximum atomic E-state index is 5.98. The maximum absolute atomic E-state index is 5.98. The van der Waals surface area contributed by atoms with Gasteiger partial charge in [-0.2, -0.15) is 12.1 Å². The topological polar surface area (TPSA) is 44.9 Å². The summed E-state index contributed by atoms with van der Waals surface area (Å²) in [5, 5.41) is 2.03. The molecule has 0 atom stereocenters. The quantitative estimate of drug-likeness (QED) is 0.147. The number of benzene rings is 3. The number of hydrogen-bond donors (Lipinski definition) is 0. The van der Waals surface area contributed by atoms with E-state index in [0.717, 1.165) is 39.0 Å². The van der Waals surface area contributed by atoms with Crippen molar-refractivity contribution in [3.8, 4) is 11.3 Å². The predicted octanol–water partition coefficient (Wildman–Crippen LogP) is 7.28. The Bertz CT molecular complexity index is 1760. The molecule has 3 aromatic carbocycles. The van der Waals surface area contributed by atoms with E-state index in [9.17, 15) is 0 Å². The second-order valence-corrected chi connectivity index (χ2v) is 8.49.